The van der Waals surface area contributed by atoms with E-state index < -0.39 is 0 Å². The van der Waals surface area contributed by atoms with Gasteiger partial charge in [-0.25, -0.2) is 0 Å². The molecule has 2 rings (SSSR count). The minimum Gasteiger partial charge on any atom is -0.459 e. The van der Waals surface area contributed by atoms with Crippen LogP contribution in [0.2, 0.25) is 0 Å². The molecule has 0 spiro atoms. The maximum atomic E-state index is 12.0. The summed E-state index contributed by atoms with van der Waals surface area (Å²) in [5, 5.41) is 5.52. The summed E-state index contributed by atoms with van der Waals surface area (Å²) in [5.41, 5.74) is 1.11. The number of hydrogen-bond donors (Lipinski definition) is 2. The molecular formula is C18H22N2O5. The van der Waals surface area contributed by atoms with Crippen LogP contribution in [0.15, 0.2) is 47.1 Å². The van der Waals surface area contributed by atoms with Gasteiger partial charge < -0.3 is 24.5 Å². The van der Waals surface area contributed by atoms with E-state index in [4.69, 9.17) is 13.9 Å². The number of amides is 2. The van der Waals surface area contributed by atoms with Crippen LogP contribution in [0.25, 0.3) is 0 Å². The average molecular weight is 346 g/mol. The summed E-state index contributed by atoms with van der Waals surface area (Å²) < 4.78 is 15.2. The summed E-state index contributed by atoms with van der Waals surface area (Å²) in [6.07, 6.45) is 2.16. The minimum absolute atomic E-state index is 0.166. The normalized spacial score (nSPS) is 10.4. The molecule has 0 saturated carbocycles. The summed E-state index contributed by atoms with van der Waals surface area (Å²) in [6.45, 7) is 2.22. The number of methoxy groups -OCH3 is 1. The van der Waals surface area contributed by atoms with Gasteiger partial charge >= 0.3 is 0 Å². The van der Waals surface area contributed by atoms with Crippen LogP contribution in [0, 0.1) is 0 Å². The second kappa shape index (κ2) is 10.3. The van der Waals surface area contributed by atoms with Crippen molar-refractivity contribution >= 4 is 17.5 Å². The van der Waals surface area contributed by atoms with E-state index in [1.165, 1.54) is 6.26 Å². The molecule has 2 N–H and O–H groups in total. The Kier molecular flexibility index (Phi) is 7.68. The van der Waals surface area contributed by atoms with E-state index in [1.54, 1.807) is 43.5 Å². The quantitative estimate of drug-likeness (QED) is 0.645. The maximum Gasteiger partial charge on any atom is 0.291 e. The lowest BCUT2D eigenvalue weighted by Gasteiger charge is -2.07. The van der Waals surface area contributed by atoms with Crippen molar-refractivity contribution in [3.63, 3.8) is 0 Å². The fraction of sp³-hybridized carbons (Fsp3) is 0.333. The Morgan fingerprint density at radius 1 is 1.04 bits per heavy atom. The first kappa shape index (κ1) is 18.7. The largest absolute Gasteiger partial charge is 0.459 e. The molecule has 0 saturated heterocycles. The number of nitrogens with one attached hydrogen (secondary N) is 2. The number of ether oxygens (including phenoxy) is 2. The second-order valence-corrected chi connectivity index (χ2v) is 5.22. The molecule has 0 fully saturated rings. The minimum atomic E-state index is -0.337. The molecule has 7 heteroatoms. The van der Waals surface area contributed by atoms with Gasteiger partial charge in [0.25, 0.3) is 11.8 Å². The first-order chi connectivity index (χ1) is 12.2. The van der Waals surface area contributed by atoms with Gasteiger partial charge in [0.1, 0.15) is 0 Å². The Balaban J connectivity index is 1.71. The molecule has 0 aliphatic carbocycles. The Bertz CT molecular complexity index is 653. The number of carbonyl (C=O) groups is 2. The number of rotatable bonds is 10. The van der Waals surface area contributed by atoms with E-state index in [-0.39, 0.29) is 17.6 Å². The number of carbonyl (C=O) groups excluding carboxylic acids is 2. The van der Waals surface area contributed by atoms with E-state index in [1.807, 2.05) is 0 Å². The Labute approximate surface area is 146 Å². The van der Waals surface area contributed by atoms with E-state index in [0.29, 0.717) is 37.6 Å². The highest BCUT2D eigenvalue weighted by molar-refractivity contribution is 6.02. The molecule has 25 heavy (non-hydrogen) atoms. The van der Waals surface area contributed by atoms with Crippen LogP contribution < -0.4 is 10.6 Å². The fourth-order valence-corrected chi connectivity index (χ4v) is 2.03. The van der Waals surface area contributed by atoms with Crippen molar-refractivity contribution in [2.75, 3.05) is 38.8 Å². The lowest BCUT2D eigenvalue weighted by atomic mass is 10.2. The highest BCUT2D eigenvalue weighted by Crippen LogP contribution is 2.11. The van der Waals surface area contributed by atoms with E-state index in [9.17, 15) is 9.59 Å². The zero-order valence-electron chi connectivity index (χ0n) is 14.1. The third-order valence-corrected chi connectivity index (χ3v) is 3.33. The lowest BCUT2D eigenvalue weighted by Crippen LogP contribution is -2.25. The van der Waals surface area contributed by atoms with Crippen LogP contribution >= 0.6 is 0 Å². The molecule has 0 atom stereocenters. The highest BCUT2D eigenvalue weighted by atomic mass is 16.5. The molecular weight excluding hydrogens is 324 g/mol. The Hall–Kier alpha value is -2.64. The Morgan fingerprint density at radius 2 is 1.84 bits per heavy atom. The van der Waals surface area contributed by atoms with E-state index >= 15 is 0 Å². The molecule has 134 valence electrons. The lowest BCUT2D eigenvalue weighted by molar-refractivity contribution is 0.0688. The predicted octanol–water partition coefficient (Wildman–Crippen LogP) is 2.31. The van der Waals surface area contributed by atoms with Crippen molar-refractivity contribution in [2.24, 2.45) is 0 Å². The summed E-state index contributed by atoms with van der Waals surface area (Å²) >= 11 is 0. The predicted molar refractivity (Wildman–Crippen MR) is 92.7 cm³/mol. The summed E-state index contributed by atoms with van der Waals surface area (Å²) in [5.74, 6) is -0.272. The molecule has 0 unspecified atom stereocenters. The van der Waals surface area contributed by atoms with Crippen LogP contribution in [0.3, 0.4) is 0 Å². The van der Waals surface area contributed by atoms with Gasteiger partial charge in [-0.05, 0) is 42.8 Å². The van der Waals surface area contributed by atoms with Crippen LogP contribution in [0.5, 0.6) is 0 Å². The maximum absolute atomic E-state index is 12.0. The zero-order valence-corrected chi connectivity index (χ0v) is 14.1. The summed E-state index contributed by atoms with van der Waals surface area (Å²) in [7, 11) is 1.62. The van der Waals surface area contributed by atoms with Crippen LogP contribution in [0.4, 0.5) is 5.69 Å². The molecule has 2 amide bonds. The van der Waals surface area contributed by atoms with Gasteiger partial charge in [0.2, 0.25) is 0 Å². The molecule has 0 radical (unpaired) electrons. The average Bonchev–Trinajstić information content (AvgIpc) is 3.16. The fourth-order valence-electron chi connectivity index (χ4n) is 2.03. The third-order valence-electron chi connectivity index (χ3n) is 3.33. The molecule has 1 aromatic heterocycles. The first-order valence-corrected chi connectivity index (χ1v) is 8.00. The smallest absolute Gasteiger partial charge is 0.291 e. The molecule has 2 aromatic rings. The monoisotopic (exact) mass is 346 g/mol. The van der Waals surface area contributed by atoms with Crippen molar-refractivity contribution in [1.29, 1.82) is 0 Å². The molecule has 0 bridgehead atoms. The molecule has 0 aliphatic heterocycles. The van der Waals surface area contributed by atoms with Gasteiger partial charge in [-0.3, -0.25) is 9.59 Å². The standard InChI is InChI=1S/C18H22N2O5/c1-23-12-13-24-10-3-9-19-17(21)14-5-7-15(8-6-14)20-18(22)16-4-2-11-25-16/h2,4-8,11H,3,9-10,12-13H2,1H3,(H,19,21)(H,20,22). The van der Waals surface area contributed by atoms with Gasteiger partial charge in [0, 0.05) is 31.5 Å². The first-order valence-electron chi connectivity index (χ1n) is 8.00. The summed E-state index contributed by atoms with van der Waals surface area (Å²) in [6, 6.07) is 9.87. The van der Waals surface area contributed by atoms with E-state index in [2.05, 4.69) is 10.6 Å². The van der Waals surface area contributed by atoms with Crippen molar-refractivity contribution in [3.8, 4) is 0 Å². The van der Waals surface area contributed by atoms with Crippen molar-refractivity contribution in [1.82, 2.24) is 5.32 Å². The van der Waals surface area contributed by atoms with E-state index in [0.717, 1.165) is 6.42 Å². The van der Waals surface area contributed by atoms with Crippen LogP contribution in [-0.4, -0.2) is 45.3 Å². The Morgan fingerprint density at radius 3 is 2.52 bits per heavy atom. The number of furan rings is 1. The zero-order chi connectivity index (χ0) is 17.9. The van der Waals surface area contributed by atoms with Crippen molar-refractivity contribution < 1.29 is 23.5 Å². The topological polar surface area (TPSA) is 89.8 Å². The van der Waals surface area contributed by atoms with Gasteiger partial charge in [-0.2, -0.15) is 0 Å². The van der Waals surface area contributed by atoms with Crippen molar-refractivity contribution in [2.45, 2.75) is 6.42 Å². The third kappa shape index (κ3) is 6.40. The molecule has 1 heterocycles. The van der Waals surface area contributed by atoms with Gasteiger partial charge in [0.05, 0.1) is 19.5 Å². The summed E-state index contributed by atoms with van der Waals surface area (Å²) in [4.78, 5) is 23.9. The highest BCUT2D eigenvalue weighted by Gasteiger charge is 2.09. The second-order valence-electron chi connectivity index (χ2n) is 5.22. The SMILES string of the molecule is COCCOCCCNC(=O)c1ccc(NC(=O)c2ccco2)cc1. The van der Waals surface area contributed by atoms with Gasteiger partial charge in [-0.1, -0.05) is 0 Å². The molecule has 7 nitrogen and oxygen atoms in total. The van der Waals surface area contributed by atoms with Gasteiger partial charge in [-0.15, -0.1) is 0 Å². The van der Waals surface area contributed by atoms with Crippen molar-refractivity contribution in [3.05, 3.63) is 54.0 Å². The van der Waals surface area contributed by atoms with Gasteiger partial charge in [0.15, 0.2) is 5.76 Å². The van der Waals surface area contributed by atoms with Crippen LogP contribution in [-0.2, 0) is 9.47 Å². The molecule has 1 aromatic carbocycles. The van der Waals surface area contributed by atoms with Crippen LogP contribution in [0.1, 0.15) is 27.3 Å². The number of anilines is 1. The number of benzene rings is 1. The number of hydrogen-bond acceptors (Lipinski definition) is 5. The molecule has 0 aliphatic rings.